The van der Waals surface area contributed by atoms with Crippen LogP contribution in [0.5, 0.6) is 0 Å². The summed E-state index contributed by atoms with van der Waals surface area (Å²) in [4.78, 5) is 0. The van der Waals surface area contributed by atoms with Crippen molar-refractivity contribution in [3.8, 4) is 6.07 Å². The Labute approximate surface area is 98.8 Å². The van der Waals surface area contributed by atoms with E-state index >= 15 is 0 Å². The molecule has 0 radical (unpaired) electrons. The van der Waals surface area contributed by atoms with Crippen molar-refractivity contribution in [2.24, 2.45) is 5.73 Å². The van der Waals surface area contributed by atoms with Gasteiger partial charge in [-0.3, -0.25) is 0 Å². The minimum absolute atomic E-state index is 0.412. The molecule has 1 saturated carbocycles. The first kappa shape index (κ1) is 12.0. The van der Waals surface area contributed by atoms with Gasteiger partial charge in [0.1, 0.15) is 16.6 Å². The van der Waals surface area contributed by atoms with Crippen LogP contribution in [0.2, 0.25) is 0 Å². The minimum atomic E-state index is -3.40. The number of sulfone groups is 1. The summed E-state index contributed by atoms with van der Waals surface area (Å²) in [7, 11) is -3.40. The zero-order valence-corrected chi connectivity index (χ0v) is 9.91. The number of nitrogens with zero attached hydrogens (tertiary/aromatic N) is 1. The van der Waals surface area contributed by atoms with Crippen LogP contribution in [0.1, 0.15) is 11.5 Å². The lowest BCUT2D eigenvalue weighted by atomic mass is 10.1. The fourth-order valence-corrected chi connectivity index (χ4v) is 3.94. The number of halogens is 1. The van der Waals surface area contributed by atoms with Crippen LogP contribution in [-0.2, 0) is 9.84 Å². The lowest BCUT2D eigenvalue weighted by Crippen LogP contribution is -2.28. The molecule has 0 unspecified atom stereocenters. The summed E-state index contributed by atoms with van der Waals surface area (Å²) < 4.78 is 35.8. The second-order valence-corrected chi connectivity index (χ2v) is 6.49. The van der Waals surface area contributed by atoms with E-state index in [0.717, 1.165) is 6.26 Å². The van der Waals surface area contributed by atoms with E-state index in [4.69, 9.17) is 11.0 Å². The Bertz CT molecular complexity index is 591. The molecule has 0 bridgehead atoms. The molecule has 1 fully saturated rings. The molecule has 3 atom stereocenters. The predicted molar refractivity (Wildman–Crippen MR) is 60.3 cm³/mol. The van der Waals surface area contributed by atoms with E-state index in [9.17, 15) is 12.8 Å². The zero-order valence-electron chi connectivity index (χ0n) is 9.09. The van der Waals surface area contributed by atoms with Gasteiger partial charge in [-0.25, -0.2) is 12.8 Å². The average Bonchev–Trinajstić information content (AvgIpc) is 2.87. The molecule has 0 heterocycles. The molecule has 1 aromatic rings. The van der Waals surface area contributed by atoms with E-state index in [1.807, 2.05) is 6.07 Å². The number of rotatable bonds is 2. The summed E-state index contributed by atoms with van der Waals surface area (Å²) in [6, 6.07) is 7.22. The number of nitrogens with two attached hydrogens (primary N) is 1. The molecule has 90 valence electrons. The van der Waals surface area contributed by atoms with Crippen LogP contribution in [0, 0.1) is 17.1 Å². The predicted octanol–water partition coefficient (Wildman–Crippen LogP) is 0.557. The van der Waals surface area contributed by atoms with Gasteiger partial charge in [-0.15, -0.1) is 0 Å². The molecule has 2 rings (SSSR count). The van der Waals surface area contributed by atoms with Crippen molar-refractivity contribution < 1.29 is 12.8 Å². The quantitative estimate of drug-likeness (QED) is 0.835. The van der Waals surface area contributed by atoms with Crippen molar-refractivity contribution in [1.29, 1.82) is 5.26 Å². The lowest BCUT2D eigenvalue weighted by Gasteiger charge is -2.00. The number of hydrogen-bond acceptors (Lipinski definition) is 4. The maximum atomic E-state index is 12.8. The third-order valence-electron chi connectivity index (χ3n) is 3.06. The summed E-state index contributed by atoms with van der Waals surface area (Å²) >= 11 is 0. The van der Waals surface area contributed by atoms with Gasteiger partial charge in [0.15, 0.2) is 9.84 Å². The van der Waals surface area contributed by atoms with Crippen LogP contribution in [0.4, 0.5) is 4.39 Å². The highest BCUT2D eigenvalue weighted by molar-refractivity contribution is 7.91. The van der Waals surface area contributed by atoms with E-state index < -0.39 is 32.4 Å². The second-order valence-electron chi connectivity index (χ2n) is 4.32. The van der Waals surface area contributed by atoms with Gasteiger partial charge in [-0.2, -0.15) is 5.26 Å². The van der Waals surface area contributed by atoms with E-state index in [-0.39, 0.29) is 0 Å². The van der Waals surface area contributed by atoms with E-state index in [2.05, 4.69) is 0 Å². The summed E-state index contributed by atoms with van der Waals surface area (Å²) in [5.74, 6) is -0.993. The fourth-order valence-electron chi connectivity index (χ4n) is 2.23. The Morgan fingerprint density at radius 3 is 2.29 bits per heavy atom. The standard InChI is InChI=1S/C11H11FN2O2S/c1-17(15,16)10-9(11(10,14)6-13)7-2-4-8(12)5-3-7/h2-5,9-10H,14H2,1H3/t9-,10-,11-/m0/s1. The number of nitriles is 1. The molecule has 6 heteroatoms. The van der Waals surface area contributed by atoms with Gasteiger partial charge in [0.25, 0.3) is 0 Å². The summed E-state index contributed by atoms with van der Waals surface area (Å²) in [6.45, 7) is 0. The lowest BCUT2D eigenvalue weighted by molar-refractivity contribution is 0.597. The second kappa shape index (κ2) is 3.52. The fraction of sp³-hybridized carbons (Fsp3) is 0.364. The maximum absolute atomic E-state index is 12.8. The summed E-state index contributed by atoms with van der Waals surface area (Å²) in [6.07, 6.45) is 1.06. The van der Waals surface area contributed by atoms with Gasteiger partial charge in [-0.05, 0) is 17.7 Å². The van der Waals surface area contributed by atoms with Crippen LogP contribution in [0.25, 0.3) is 0 Å². The van der Waals surface area contributed by atoms with Crippen molar-refractivity contribution in [3.63, 3.8) is 0 Å². The van der Waals surface area contributed by atoms with Gasteiger partial charge in [-0.1, -0.05) is 12.1 Å². The Morgan fingerprint density at radius 1 is 1.41 bits per heavy atom. The summed E-state index contributed by atoms with van der Waals surface area (Å²) in [5, 5.41) is 8.06. The van der Waals surface area contributed by atoms with Crippen molar-refractivity contribution in [2.45, 2.75) is 16.7 Å². The highest BCUT2D eigenvalue weighted by Gasteiger charge is 2.69. The Morgan fingerprint density at radius 2 is 1.94 bits per heavy atom. The molecule has 17 heavy (non-hydrogen) atoms. The Balaban J connectivity index is 2.42. The minimum Gasteiger partial charge on any atom is -0.312 e. The SMILES string of the molecule is CS(=O)(=O)[C@H]1[C@H](c2ccc(F)cc2)[C@@]1(N)C#N. The van der Waals surface area contributed by atoms with E-state index in [1.54, 1.807) is 0 Å². The molecule has 1 aliphatic rings. The van der Waals surface area contributed by atoms with Crippen molar-refractivity contribution in [3.05, 3.63) is 35.6 Å². The largest absolute Gasteiger partial charge is 0.312 e. The van der Waals surface area contributed by atoms with Gasteiger partial charge >= 0.3 is 0 Å². The third-order valence-corrected chi connectivity index (χ3v) is 4.65. The van der Waals surface area contributed by atoms with Gasteiger partial charge in [0.2, 0.25) is 0 Å². The molecule has 4 nitrogen and oxygen atoms in total. The van der Waals surface area contributed by atoms with Gasteiger partial charge in [0.05, 0.1) is 6.07 Å². The van der Waals surface area contributed by atoms with E-state index in [1.165, 1.54) is 24.3 Å². The van der Waals surface area contributed by atoms with Gasteiger partial charge in [0, 0.05) is 12.2 Å². The summed E-state index contributed by atoms with van der Waals surface area (Å²) in [5.41, 5.74) is 4.93. The molecular weight excluding hydrogens is 243 g/mol. The maximum Gasteiger partial charge on any atom is 0.153 e. The highest BCUT2D eigenvalue weighted by Crippen LogP contribution is 2.53. The van der Waals surface area contributed by atoms with Crippen LogP contribution >= 0.6 is 0 Å². The molecule has 0 aromatic heterocycles. The van der Waals surface area contributed by atoms with Crippen LogP contribution in [0.3, 0.4) is 0 Å². The Hall–Kier alpha value is -1.45. The molecule has 1 aliphatic carbocycles. The normalized spacial score (nSPS) is 31.9. The highest BCUT2D eigenvalue weighted by atomic mass is 32.2. The molecular formula is C11H11FN2O2S. The zero-order chi connectivity index (χ0) is 12.8. The topological polar surface area (TPSA) is 83.9 Å². The monoisotopic (exact) mass is 254 g/mol. The molecule has 0 spiro atoms. The number of hydrogen-bond donors (Lipinski definition) is 1. The molecule has 0 saturated heterocycles. The first-order valence-corrected chi connectivity index (χ1v) is 6.90. The van der Waals surface area contributed by atoms with E-state index in [0.29, 0.717) is 5.56 Å². The van der Waals surface area contributed by atoms with Gasteiger partial charge < -0.3 is 5.73 Å². The van der Waals surface area contributed by atoms with Crippen LogP contribution < -0.4 is 5.73 Å². The smallest absolute Gasteiger partial charge is 0.153 e. The van der Waals surface area contributed by atoms with Crippen LogP contribution in [0.15, 0.2) is 24.3 Å². The first-order chi connectivity index (χ1) is 7.80. The first-order valence-electron chi connectivity index (χ1n) is 4.95. The molecule has 0 amide bonds. The molecule has 2 N–H and O–H groups in total. The Kier molecular flexibility index (Phi) is 2.49. The van der Waals surface area contributed by atoms with Crippen LogP contribution in [-0.4, -0.2) is 25.5 Å². The number of benzene rings is 1. The average molecular weight is 254 g/mol. The van der Waals surface area contributed by atoms with Crippen molar-refractivity contribution >= 4 is 9.84 Å². The third kappa shape index (κ3) is 1.81. The molecule has 1 aromatic carbocycles. The van der Waals surface area contributed by atoms with Crippen molar-refractivity contribution in [1.82, 2.24) is 0 Å². The van der Waals surface area contributed by atoms with Crippen molar-refractivity contribution in [2.75, 3.05) is 6.26 Å². The molecule has 0 aliphatic heterocycles.